The second kappa shape index (κ2) is 5.47. The monoisotopic (exact) mass is 358 g/mol. The number of amides is 1. The van der Waals surface area contributed by atoms with Gasteiger partial charge in [0.05, 0.1) is 6.04 Å². The number of rotatable bonds is 2. The number of fused-ring (bicyclic) bond motifs is 1. The van der Waals surface area contributed by atoms with Gasteiger partial charge in [-0.05, 0) is 37.8 Å². The minimum atomic E-state index is -1.08. The molecule has 98 valence electrons. The van der Waals surface area contributed by atoms with E-state index in [4.69, 9.17) is 0 Å². The Bertz CT molecular complexity index is 447. The van der Waals surface area contributed by atoms with Crippen LogP contribution in [-0.4, -0.2) is 21.0 Å². The van der Waals surface area contributed by atoms with Crippen LogP contribution in [0.5, 0.6) is 0 Å². The van der Waals surface area contributed by atoms with Crippen LogP contribution >= 0.6 is 22.6 Å². The summed E-state index contributed by atoms with van der Waals surface area (Å²) in [7, 11) is 0. The Hall–Kier alpha value is -0.780. The smallest absolute Gasteiger partial charge is 0.137 e. The van der Waals surface area contributed by atoms with E-state index in [0.717, 1.165) is 18.4 Å². The van der Waals surface area contributed by atoms with Crippen molar-refractivity contribution in [3.8, 4) is 0 Å². The summed E-state index contributed by atoms with van der Waals surface area (Å²) in [5, 5.41) is 11.4. The molecule has 0 heterocycles. The summed E-state index contributed by atoms with van der Waals surface area (Å²) >= 11 is 2.36. The number of benzene rings is 1. The van der Waals surface area contributed by atoms with Crippen molar-refractivity contribution >= 4 is 28.7 Å². The molecule has 4 heteroatoms. The van der Waals surface area contributed by atoms with Crippen molar-refractivity contribution in [2.75, 3.05) is 0 Å². The molecule has 1 aromatic carbocycles. The van der Waals surface area contributed by atoms with Gasteiger partial charge in [0.15, 0.2) is 0 Å². The molecule has 0 bridgehead atoms. The van der Waals surface area contributed by atoms with Gasteiger partial charge in [-0.15, -0.1) is 0 Å². The number of hydrogen-bond donors (Lipinski definition) is 0. The van der Waals surface area contributed by atoms with Crippen LogP contribution in [0.25, 0.3) is 0 Å². The Balaban J connectivity index is 2.45. The second-order valence-electron chi connectivity index (χ2n) is 4.97. The Morgan fingerprint density at radius 3 is 2.72 bits per heavy atom. The van der Waals surface area contributed by atoms with Crippen molar-refractivity contribution in [1.29, 1.82) is 0 Å². The summed E-state index contributed by atoms with van der Waals surface area (Å²) in [6, 6.07) is 7.99. The Morgan fingerprint density at radius 1 is 1.44 bits per heavy atom. The molecule has 2 atom stereocenters. The molecule has 0 fully saturated rings. The summed E-state index contributed by atoms with van der Waals surface area (Å²) in [5.74, 6) is 0. The Labute approximate surface area is 121 Å². The highest BCUT2D eigenvalue weighted by molar-refractivity contribution is 14.1. The minimum Gasteiger partial charge on any atom is -0.530 e. The van der Waals surface area contributed by atoms with Crippen LogP contribution in [0.3, 0.4) is 0 Å². The van der Waals surface area contributed by atoms with Crippen LogP contribution in [-0.2, 0) is 6.42 Å². The topological polar surface area (TPSA) is 43.4 Å². The summed E-state index contributed by atoms with van der Waals surface area (Å²) in [6.45, 7) is 3.80. The van der Waals surface area contributed by atoms with E-state index in [1.54, 1.807) is 0 Å². The molecule has 0 unspecified atom stereocenters. The highest BCUT2D eigenvalue weighted by Gasteiger charge is 2.33. The molecule has 1 aliphatic rings. The summed E-state index contributed by atoms with van der Waals surface area (Å²) in [4.78, 5) is 12.9. The number of hydrogen-bond acceptors (Lipinski definition) is 2. The third kappa shape index (κ3) is 2.48. The lowest BCUT2D eigenvalue weighted by molar-refractivity contribution is -0.270. The Morgan fingerprint density at radius 2 is 2.11 bits per heavy atom. The molecule has 0 aromatic heterocycles. The molecule has 0 saturated carbocycles. The van der Waals surface area contributed by atoms with Crippen LogP contribution in [0.15, 0.2) is 24.3 Å². The molecule has 2 rings (SSSR count). The maximum atomic E-state index is 11.4. The lowest BCUT2D eigenvalue weighted by atomic mass is 9.86. The van der Waals surface area contributed by atoms with E-state index in [0.29, 0.717) is 3.92 Å². The van der Waals surface area contributed by atoms with Gasteiger partial charge in [-0.2, -0.15) is 0 Å². The van der Waals surface area contributed by atoms with Crippen molar-refractivity contribution in [2.24, 2.45) is 0 Å². The molecule has 18 heavy (non-hydrogen) atoms. The number of aryl methyl sites for hydroxylation is 1. The molecule has 1 aromatic rings. The maximum Gasteiger partial charge on any atom is 0.137 e. The number of nitrogens with zero attached hydrogens (tertiary/aromatic N) is 1. The molecular formula is C14H17INO2-. The SMILES string of the molecule is CC(C)N(C(=O)[O-])[C@@H]1c2ccccc2CC[C@H]1I. The van der Waals surface area contributed by atoms with Gasteiger partial charge in [0.1, 0.15) is 6.09 Å². The van der Waals surface area contributed by atoms with Crippen LogP contribution in [0, 0.1) is 0 Å². The number of carbonyl (C=O) groups excluding carboxylic acids is 1. The van der Waals surface area contributed by atoms with Gasteiger partial charge in [-0.25, -0.2) is 0 Å². The van der Waals surface area contributed by atoms with E-state index in [9.17, 15) is 9.90 Å². The molecule has 0 spiro atoms. The number of carboxylic acid groups (broad SMARTS) is 1. The first kappa shape index (κ1) is 13.6. The molecule has 0 saturated heterocycles. The number of halogens is 1. The fraction of sp³-hybridized carbons (Fsp3) is 0.500. The maximum absolute atomic E-state index is 11.4. The molecule has 1 amide bonds. The summed E-state index contributed by atoms with van der Waals surface area (Å²) in [5.41, 5.74) is 2.41. The van der Waals surface area contributed by atoms with E-state index in [1.807, 2.05) is 32.0 Å². The van der Waals surface area contributed by atoms with Gasteiger partial charge in [0, 0.05) is 9.97 Å². The lowest BCUT2D eigenvalue weighted by Gasteiger charge is -2.43. The van der Waals surface area contributed by atoms with E-state index in [-0.39, 0.29) is 12.1 Å². The second-order valence-corrected chi connectivity index (χ2v) is 6.57. The average Bonchev–Trinajstić information content (AvgIpc) is 2.31. The molecular weight excluding hydrogens is 341 g/mol. The van der Waals surface area contributed by atoms with Gasteiger partial charge in [-0.3, -0.25) is 0 Å². The predicted molar refractivity (Wildman–Crippen MR) is 77.7 cm³/mol. The van der Waals surface area contributed by atoms with Crippen LogP contribution in [0.1, 0.15) is 37.4 Å². The van der Waals surface area contributed by atoms with Crippen molar-refractivity contribution in [3.63, 3.8) is 0 Å². The van der Waals surface area contributed by atoms with Crippen molar-refractivity contribution < 1.29 is 9.90 Å². The lowest BCUT2D eigenvalue weighted by Crippen LogP contribution is -2.50. The first-order valence-electron chi connectivity index (χ1n) is 6.23. The predicted octanol–water partition coefficient (Wildman–Crippen LogP) is 2.53. The highest BCUT2D eigenvalue weighted by atomic mass is 127. The van der Waals surface area contributed by atoms with E-state index in [2.05, 4.69) is 28.7 Å². The van der Waals surface area contributed by atoms with E-state index >= 15 is 0 Å². The van der Waals surface area contributed by atoms with Crippen LogP contribution in [0.4, 0.5) is 4.79 Å². The molecule has 0 N–H and O–H groups in total. The molecule has 3 nitrogen and oxygen atoms in total. The van der Waals surface area contributed by atoms with E-state index in [1.165, 1.54) is 10.5 Å². The Kier molecular flexibility index (Phi) is 4.14. The zero-order chi connectivity index (χ0) is 13.3. The van der Waals surface area contributed by atoms with Crippen molar-refractivity contribution in [3.05, 3.63) is 35.4 Å². The molecule has 1 aliphatic carbocycles. The van der Waals surface area contributed by atoms with Crippen LogP contribution < -0.4 is 5.11 Å². The highest BCUT2D eigenvalue weighted by Crippen LogP contribution is 2.39. The summed E-state index contributed by atoms with van der Waals surface area (Å²) in [6.07, 6.45) is 0.964. The summed E-state index contributed by atoms with van der Waals surface area (Å²) < 4.78 is 0.304. The minimum absolute atomic E-state index is 0.0663. The largest absolute Gasteiger partial charge is 0.530 e. The third-order valence-corrected chi connectivity index (χ3v) is 4.78. The first-order valence-corrected chi connectivity index (χ1v) is 7.48. The van der Waals surface area contributed by atoms with Gasteiger partial charge in [0.25, 0.3) is 0 Å². The normalized spacial score (nSPS) is 22.7. The zero-order valence-electron chi connectivity index (χ0n) is 10.6. The fourth-order valence-corrected chi connectivity index (χ4v) is 3.71. The van der Waals surface area contributed by atoms with Crippen LogP contribution in [0.2, 0.25) is 0 Å². The fourth-order valence-electron chi connectivity index (χ4n) is 2.67. The van der Waals surface area contributed by atoms with Gasteiger partial charge >= 0.3 is 0 Å². The van der Waals surface area contributed by atoms with Gasteiger partial charge in [0.2, 0.25) is 0 Å². The molecule has 0 aliphatic heterocycles. The van der Waals surface area contributed by atoms with Gasteiger partial charge < -0.3 is 14.8 Å². The quantitative estimate of drug-likeness (QED) is 0.602. The third-order valence-electron chi connectivity index (χ3n) is 3.47. The van der Waals surface area contributed by atoms with Crippen molar-refractivity contribution in [1.82, 2.24) is 4.90 Å². The molecule has 0 radical (unpaired) electrons. The van der Waals surface area contributed by atoms with E-state index < -0.39 is 6.09 Å². The first-order chi connectivity index (χ1) is 8.52. The van der Waals surface area contributed by atoms with Gasteiger partial charge in [-0.1, -0.05) is 46.9 Å². The number of carbonyl (C=O) groups is 1. The number of alkyl halides is 1. The van der Waals surface area contributed by atoms with Crippen molar-refractivity contribution in [2.45, 2.75) is 42.7 Å². The standard InChI is InChI=1S/C14H18INO2/c1-9(2)16(14(17)18)13-11-6-4-3-5-10(11)7-8-12(13)15/h3-6,9,12-13H,7-8H2,1-2H3,(H,17,18)/p-1/t12-,13-/m1/s1. The zero-order valence-corrected chi connectivity index (χ0v) is 12.8. The average molecular weight is 358 g/mol.